The van der Waals surface area contributed by atoms with E-state index in [1.807, 2.05) is 68.4 Å². The average Bonchev–Trinajstić information content (AvgIpc) is 2.72. The fraction of sp³-hybridized carbons (Fsp3) is 0.208. The Hall–Kier alpha value is -2.98. The first-order chi connectivity index (χ1) is 14.0. The van der Waals surface area contributed by atoms with Crippen LogP contribution in [0.25, 0.3) is 0 Å². The van der Waals surface area contributed by atoms with Crippen LogP contribution in [0.3, 0.4) is 0 Å². The molecule has 29 heavy (non-hydrogen) atoms. The second kappa shape index (κ2) is 9.99. The Kier molecular flexibility index (Phi) is 7.14. The summed E-state index contributed by atoms with van der Waals surface area (Å²) in [5.74, 6) is 1.54. The van der Waals surface area contributed by atoms with Crippen LogP contribution >= 0.6 is 11.6 Å². The number of rotatable bonds is 8. The summed E-state index contributed by atoms with van der Waals surface area (Å²) in [6.07, 6.45) is -0.708. The summed E-state index contributed by atoms with van der Waals surface area (Å²) in [4.78, 5) is 12.6. The molecule has 0 saturated carbocycles. The quantitative estimate of drug-likeness (QED) is 0.410. The zero-order valence-corrected chi connectivity index (χ0v) is 17.1. The molecule has 1 atom stereocenters. The van der Waals surface area contributed by atoms with Gasteiger partial charge in [0.25, 0.3) is 0 Å². The lowest BCUT2D eigenvalue weighted by Crippen LogP contribution is -2.34. The van der Waals surface area contributed by atoms with Crippen molar-refractivity contribution in [3.05, 3.63) is 89.4 Å². The Morgan fingerprint density at radius 2 is 1.55 bits per heavy atom. The lowest BCUT2D eigenvalue weighted by atomic mass is 10.1. The van der Waals surface area contributed by atoms with Crippen LogP contribution in [-0.4, -0.2) is 12.1 Å². The first kappa shape index (κ1) is 20.7. The predicted octanol–water partition coefficient (Wildman–Crippen LogP) is 6.28. The van der Waals surface area contributed by atoms with E-state index in [0.29, 0.717) is 16.5 Å². The molecule has 0 fully saturated rings. The van der Waals surface area contributed by atoms with Gasteiger partial charge in [-0.05, 0) is 54.1 Å². The Morgan fingerprint density at radius 1 is 0.862 bits per heavy atom. The molecule has 1 unspecified atom stereocenters. The second-order valence-electron chi connectivity index (χ2n) is 6.91. The highest BCUT2D eigenvalue weighted by Gasteiger charge is 2.26. The van der Waals surface area contributed by atoms with Gasteiger partial charge in [-0.2, -0.15) is 0 Å². The van der Waals surface area contributed by atoms with Crippen LogP contribution in [0, 0.1) is 5.92 Å². The van der Waals surface area contributed by atoms with Gasteiger partial charge in [-0.25, -0.2) is 4.79 Å². The van der Waals surface area contributed by atoms with Gasteiger partial charge in [0.15, 0.2) is 6.10 Å². The molecular formula is C24H23ClO4. The predicted molar refractivity (Wildman–Crippen MR) is 113 cm³/mol. The van der Waals surface area contributed by atoms with Gasteiger partial charge in [0.05, 0.1) is 0 Å². The lowest BCUT2D eigenvalue weighted by Gasteiger charge is -2.21. The monoisotopic (exact) mass is 410 g/mol. The Labute approximate surface area is 176 Å². The SMILES string of the molecule is CC(C)C(Oc1ccc(Cl)cc1)C(=O)OCc1cccc(Oc2ccccc2)c1. The highest BCUT2D eigenvalue weighted by atomic mass is 35.5. The largest absolute Gasteiger partial charge is 0.478 e. The molecule has 0 aliphatic heterocycles. The highest BCUT2D eigenvalue weighted by Crippen LogP contribution is 2.23. The van der Waals surface area contributed by atoms with Crippen molar-refractivity contribution in [2.45, 2.75) is 26.6 Å². The Morgan fingerprint density at radius 3 is 2.24 bits per heavy atom. The minimum atomic E-state index is -0.708. The van der Waals surface area contributed by atoms with E-state index < -0.39 is 12.1 Å². The third-order valence-electron chi connectivity index (χ3n) is 4.17. The molecule has 3 rings (SSSR count). The second-order valence-corrected chi connectivity index (χ2v) is 7.34. The molecule has 0 amide bonds. The van der Waals surface area contributed by atoms with Crippen molar-refractivity contribution < 1.29 is 19.0 Å². The maximum Gasteiger partial charge on any atom is 0.347 e. The van der Waals surface area contributed by atoms with E-state index in [9.17, 15) is 4.79 Å². The first-order valence-corrected chi connectivity index (χ1v) is 9.80. The third-order valence-corrected chi connectivity index (χ3v) is 4.42. The van der Waals surface area contributed by atoms with Crippen molar-refractivity contribution in [2.24, 2.45) is 5.92 Å². The number of hydrogen-bond donors (Lipinski definition) is 0. The fourth-order valence-electron chi connectivity index (χ4n) is 2.68. The molecule has 0 saturated heterocycles. The van der Waals surface area contributed by atoms with Crippen molar-refractivity contribution >= 4 is 17.6 Å². The molecule has 0 bridgehead atoms. The molecule has 5 heteroatoms. The zero-order chi connectivity index (χ0) is 20.6. The van der Waals surface area contributed by atoms with Gasteiger partial charge in [-0.1, -0.05) is 55.8 Å². The summed E-state index contributed by atoms with van der Waals surface area (Å²) in [6, 6.07) is 23.9. The molecule has 0 aliphatic rings. The van der Waals surface area contributed by atoms with Gasteiger partial charge in [0, 0.05) is 10.9 Å². The van der Waals surface area contributed by atoms with Gasteiger partial charge >= 0.3 is 5.97 Å². The summed E-state index contributed by atoms with van der Waals surface area (Å²) in [7, 11) is 0. The third kappa shape index (κ3) is 6.26. The van der Waals surface area contributed by atoms with Crippen LogP contribution in [0.15, 0.2) is 78.9 Å². The van der Waals surface area contributed by atoms with Gasteiger partial charge < -0.3 is 14.2 Å². The number of benzene rings is 3. The lowest BCUT2D eigenvalue weighted by molar-refractivity contribution is -0.155. The van der Waals surface area contributed by atoms with Crippen LogP contribution in [-0.2, 0) is 16.1 Å². The van der Waals surface area contributed by atoms with Crippen LogP contribution < -0.4 is 9.47 Å². The maximum atomic E-state index is 12.6. The highest BCUT2D eigenvalue weighted by molar-refractivity contribution is 6.30. The van der Waals surface area contributed by atoms with E-state index in [0.717, 1.165) is 11.3 Å². The smallest absolute Gasteiger partial charge is 0.347 e. The van der Waals surface area contributed by atoms with E-state index in [-0.39, 0.29) is 12.5 Å². The molecule has 3 aromatic rings. The summed E-state index contributed by atoms with van der Waals surface area (Å²) < 4.78 is 17.2. The molecule has 150 valence electrons. The summed E-state index contributed by atoms with van der Waals surface area (Å²) in [5, 5.41) is 0.610. The molecule has 0 spiro atoms. The minimum Gasteiger partial charge on any atom is -0.478 e. The van der Waals surface area contributed by atoms with Crippen molar-refractivity contribution in [1.82, 2.24) is 0 Å². The zero-order valence-electron chi connectivity index (χ0n) is 16.4. The van der Waals surface area contributed by atoms with Crippen LogP contribution in [0.1, 0.15) is 19.4 Å². The maximum absolute atomic E-state index is 12.6. The standard InChI is InChI=1S/C24H23ClO4/c1-17(2)23(29-21-13-11-19(25)12-14-21)24(26)27-16-18-7-6-10-22(15-18)28-20-8-4-3-5-9-20/h3-15,17,23H,16H2,1-2H3. The Bertz CT molecular complexity index is 923. The molecule has 0 aliphatic carbocycles. The summed E-state index contributed by atoms with van der Waals surface area (Å²) in [5.41, 5.74) is 0.834. The minimum absolute atomic E-state index is 0.0501. The van der Waals surface area contributed by atoms with Crippen LogP contribution in [0.4, 0.5) is 0 Å². The summed E-state index contributed by atoms with van der Waals surface area (Å²) >= 11 is 5.90. The van der Waals surface area contributed by atoms with Crippen molar-refractivity contribution in [2.75, 3.05) is 0 Å². The van der Waals surface area contributed by atoms with Gasteiger partial charge in [-0.15, -0.1) is 0 Å². The molecule has 0 aromatic heterocycles. The van der Waals surface area contributed by atoms with Gasteiger partial charge in [-0.3, -0.25) is 0 Å². The number of esters is 1. The van der Waals surface area contributed by atoms with E-state index in [1.54, 1.807) is 24.3 Å². The topological polar surface area (TPSA) is 44.8 Å². The van der Waals surface area contributed by atoms with Crippen LogP contribution in [0.2, 0.25) is 5.02 Å². The average molecular weight is 411 g/mol. The molecule has 4 nitrogen and oxygen atoms in total. The van der Waals surface area contributed by atoms with E-state index in [2.05, 4.69) is 0 Å². The number of ether oxygens (including phenoxy) is 3. The normalized spacial score (nSPS) is 11.7. The number of halogens is 1. The van der Waals surface area contributed by atoms with Crippen molar-refractivity contribution in [3.8, 4) is 17.2 Å². The van der Waals surface area contributed by atoms with Gasteiger partial charge in [0.1, 0.15) is 23.9 Å². The van der Waals surface area contributed by atoms with Crippen molar-refractivity contribution in [1.29, 1.82) is 0 Å². The molecule has 0 N–H and O–H groups in total. The van der Waals surface area contributed by atoms with E-state index >= 15 is 0 Å². The number of hydrogen-bond acceptors (Lipinski definition) is 4. The molecule has 0 radical (unpaired) electrons. The summed E-state index contributed by atoms with van der Waals surface area (Å²) in [6.45, 7) is 3.96. The van der Waals surface area contributed by atoms with Crippen molar-refractivity contribution in [3.63, 3.8) is 0 Å². The van der Waals surface area contributed by atoms with Crippen LogP contribution in [0.5, 0.6) is 17.2 Å². The number of para-hydroxylation sites is 1. The molecule has 0 heterocycles. The fourth-order valence-corrected chi connectivity index (χ4v) is 2.80. The Balaban J connectivity index is 1.60. The number of carbonyl (C=O) groups excluding carboxylic acids is 1. The van der Waals surface area contributed by atoms with E-state index in [4.69, 9.17) is 25.8 Å². The first-order valence-electron chi connectivity index (χ1n) is 9.42. The number of carbonyl (C=O) groups is 1. The van der Waals surface area contributed by atoms with Gasteiger partial charge in [0.2, 0.25) is 0 Å². The molecular weight excluding hydrogens is 388 g/mol. The van der Waals surface area contributed by atoms with E-state index in [1.165, 1.54) is 0 Å². The molecule has 3 aromatic carbocycles.